The Morgan fingerprint density at radius 1 is 1.00 bits per heavy atom. The number of benzene rings is 3. The normalized spacial score (nSPS) is 17.4. The Morgan fingerprint density at radius 2 is 1.91 bits per heavy atom. The highest BCUT2D eigenvalue weighted by Crippen LogP contribution is 2.42. The molecule has 1 aliphatic heterocycles. The molecule has 1 atom stereocenters. The molecule has 2 aromatic heterocycles. The van der Waals surface area contributed by atoms with E-state index in [4.69, 9.17) is 11.5 Å². The lowest BCUT2D eigenvalue weighted by Gasteiger charge is -2.32. The van der Waals surface area contributed by atoms with Crippen LogP contribution in [0.15, 0.2) is 65.8 Å². The molecule has 32 heavy (non-hydrogen) atoms. The molecule has 0 saturated heterocycles. The van der Waals surface area contributed by atoms with Crippen molar-refractivity contribution in [1.29, 1.82) is 0 Å². The number of nitrogen functional groups attached to an aromatic ring is 1. The molecule has 0 saturated carbocycles. The Labute approximate surface area is 187 Å². The number of para-hydroxylation sites is 1. The van der Waals surface area contributed by atoms with Gasteiger partial charge in [-0.1, -0.05) is 30.3 Å². The zero-order valence-corrected chi connectivity index (χ0v) is 18.0. The lowest BCUT2D eigenvalue weighted by Crippen LogP contribution is -2.39. The Balaban J connectivity index is 1.51. The third-order valence-corrected chi connectivity index (χ3v) is 6.75. The van der Waals surface area contributed by atoms with E-state index in [9.17, 15) is 0 Å². The number of nitrogens with one attached hydrogen (secondary N) is 1. The largest absolute Gasteiger partial charge is 0.368 e. The number of hydrogen-bond acceptors (Lipinski definition) is 8. The van der Waals surface area contributed by atoms with Crippen molar-refractivity contribution in [3.05, 3.63) is 76.9 Å². The molecule has 1 unspecified atom stereocenters. The number of nitrogens with zero attached hydrogens (tertiary/aromatic N) is 4. The van der Waals surface area contributed by atoms with Gasteiger partial charge in [0.2, 0.25) is 5.95 Å². The SMILES string of the molecule is Cc1nc2cc(C3(N)N=CNc4c(-c5ccc6nc(N)ncc6c5)cccc43)ccc2s1. The summed E-state index contributed by atoms with van der Waals surface area (Å²) in [5.74, 6) is 0.264. The van der Waals surface area contributed by atoms with Gasteiger partial charge in [-0.2, -0.15) is 0 Å². The molecule has 156 valence electrons. The zero-order valence-electron chi connectivity index (χ0n) is 17.2. The molecular formula is C24H19N7S. The number of anilines is 2. The lowest BCUT2D eigenvalue weighted by molar-refractivity contribution is 0.572. The van der Waals surface area contributed by atoms with Gasteiger partial charge in [0.25, 0.3) is 0 Å². The Bertz CT molecular complexity index is 1560. The fourth-order valence-electron chi connectivity index (χ4n) is 4.26. The van der Waals surface area contributed by atoms with E-state index in [-0.39, 0.29) is 5.95 Å². The van der Waals surface area contributed by atoms with Crippen molar-refractivity contribution in [3.8, 4) is 11.1 Å². The number of thiazole rings is 1. The summed E-state index contributed by atoms with van der Waals surface area (Å²) < 4.78 is 1.14. The molecule has 0 radical (unpaired) electrons. The average molecular weight is 438 g/mol. The number of aliphatic imine (C=N–C) groups is 1. The highest BCUT2D eigenvalue weighted by atomic mass is 32.1. The maximum atomic E-state index is 6.95. The van der Waals surface area contributed by atoms with Crippen molar-refractivity contribution in [3.63, 3.8) is 0 Å². The van der Waals surface area contributed by atoms with Gasteiger partial charge in [-0.15, -0.1) is 11.3 Å². The summed E-state index contributed by atoms with van der Waals surface area (Å²) in [7, 11) is 0. The Morgan fingerprint density at radius 3 is 2.81 bits per heavy atom. The van der Waals surface area contributed by atoms with Crippen LogP contribution in [0.4, 0.5) is 11.6 Å². The second-order valence-corrected chi connectivity index (χ2v) is 9.05. The van der Waals surface area contributed by atoms with Gasteiger partial charge in [0.05, 0.1) is 32.8 Å². The zero-order chi connectivity index (χ0) is 21.9. The minimum atomic E-state index is -1.02. The number of aromatic nitrogens is 3. The molecule has 7 nitrogen and oxygen atoms in total. The lowest BCUT2D eigenvalue weighted by atomic mass is 9.87. The molecule has 1 aliphatic rings. The molecular weight excluding hydrogens is 418 g/mol. The van der Waals surface area contributed by atoms with E-state index >= 15 is 0 Å². The molecule has 3 heterocycles. The second-order valence-electron chi connectivity index (χ2n) is 7.81. The van der Waals surface area contributed by atoms with Crippen LogP contribution in [0.25, 0.3) is 32.2 Å². The van der Waals surface area contributed by atoms with Gasteiger partial charge in [0.15, 0.2) is 5.66 Å². The molecule has 0 aliphatic carbocycles. The fraction of sp³-hybridized carbons (Fsp3) is 0.0833. The molecule has 8 heteroatoms. The van der Waals surface area contributed by atoms with E-state index in [1.54, 1.807) is 23.9 Å². The summed E-state index contributed by atoms with van der Waals surface area (Å²) in [6, 6.07) is 18.3. The number of nitrogens with two attached hydrogens (primary N) is 2. The molecule has 6 rings (SSSR count). The topological polar surface area (TPSA) is 115 Å². The number of hydrogen-bond donors (Lipinski definition) is 3. The summed E-state index contributed by atoms with van der Waals surface area (Å²) >= 11 is 1.67. The molecule has 5 aromatic rings. The first-order valence-electron chi connectivity index (χ1n) is 10.1. The van der Waals surface area contributed by atoms with Gasteiger partial charge >= 0.3 is 0 Å². The third kappa shape index (κ3) is 2.84. The van der Waals surface area contributed by atoms with Crippen molar-refractivity contribution in [2.75, 3.05) is 11.1 Å². The van der Waals surface area contributed by atoms with Crippen molar-refractivity contribution in [1.82, 2.24) is 15.0 Å². The van der Waals surface area contributed by atoms with E-state index in [2.05, 4.69) is 43.5 Å². The smallest absolute Gasteiger partial charge is 0.220 e. The van der Waals surface area contributed by atoms with Crippen molar-refractivity contribution in [2.24, 2.45) is 10.7 Å². The highest BCUT2D eigenvalue weighted by Gasteiger charge is 2.34. The first kappa shape index (κ1) is 18.9. The van der Waals surface area contributed by atoms with Crippen molar-refractivity contribution < 1.29 is 0 Å². The van der Waals surface area contributed by atoms with Crippen LogP contribution in [-0.4, -0.2) is 21.3 Å². The van der Waals surface area contributed by atoms with Crippen LogP contribution in [0.2, 0.25) is 0 Å². The summed E-state index contributed by atoms with van der Waals surface area (Å²) in [6.07, 6.45) is 3.41. The van der Waals surface area contributed by atoms with Crippen molar-refractivity contribution in [2.45, 2.75) is 12.6 Å². The van der Waals surface area contributed by atoms with E-state index in [1.165, 1.54) is 0 Å². The van der Waals surface area contributed by atoms with Gasteiger partial charge in [-0.3, -0.25) is 5.73 Å². The number of aryl methyl sites for hydroxylation is 1. The maximum absolute atomic E-state index is 6.95. The quantitative estimate of drug-likeness (QED) is 0.377. The van der Waals surface area contributed by atoms with Crippen LogP contribution >= 0.6 is 11.3 Å². The third-order valence-electron chi connectivity index (χ3n) is 5.80. The van der Waals surface area contributed by atoms with Crippen LogP contribution in [0.1, 0.15) is 16.1 Å². The van der Waals surface area contributed by atoms with Crippen LogP contribution < -0.4 is 16.8 Å². The summed E-state index contributed by atoms with van der Waals surface area (Å²) in [5, 5.41) is 5.26. The van der Waals surface area contributed by atoms with Crippen molar-refractivity contribution >= 4 is 50.4 Å². The van der Waals surface area contributed by atoms with Gasteiger partial charge in [0.1, 0.15) is 0 Å². The van der Waals surface area contributed by atoms with Crippen LogP contribution in [-0.2, 0) is 5.66 Å². The van der Waals surface area contributed by atoms with E-state index in [0.29, 0.717) is 0 Å². The fourth-order valence-corrected chi connectivity index (χ4v) is 5.07. The van der Waals surface area contributed by atoms with Crippen LogP contribution in [0.3, 0.4) is 0 Å². The first-order valence-corrected chi connectivity index (χ1v) is 11.0. The van der Waals surface area contributed by atoms with Crippen LogP contribution in [0, 0.1) is 6.92 Å². The highest BCUT2D eigenvalue weighted by molar-refractivity contribution is 7.18. The molecule has 0 fully saturated rings. The monoisotopic (exact) mass is 437 g/mol. The predicted molar refractivity (Wildman–Crippen MR) is 131 cm³/mol. The number of fused-ring (bicyclic) bond motifs is 3. The van der Waals surface area contributed by atoms with Gasteiger partial charge in [0, 0.05) is 28.3 Å². The minimum Gasteiger partial charge on any atom is -0.368 e. The number of rotatable bonds is 2. The Kier molecular flexibility index (Phi) is 4.01. The van der Waals surface area contributed by atoms with Gasteiger partial charge in [-0.05, 0) is 36.8 Å². The minimum absolute atomic E-state index is 0.264. The van der Waals surface area contributed by atoms with Crippen LogP contribution in [0.5, 0.6) is 0 Å². The standard InChI is InChI=1S/C24H19N7S/c1-13-30-20-10-16(6-8-21(20)32-13)24(26)18-4-2-3-17(22(18)28-12-29-24)14-5-7-19-15(9-14)11-27-23(25)31-19/h2-12H,26H2,1H3,(H,28,29)(H2,25,27,31). The predicted octanol–water partition coefficient (Wildman–Crippen LogP) is 4.41. The first-order chi connectivity index (χ1) is 15.5. The summed E-state index contributed by atoms with van der Waals surface area (Å²) in [5.41, 5.74) is 18.2. The molecule has 0 spiro atoms. The maximum Gasteiger partial charge on any atom is 0.220 e. The average Bonchev–Trinajstić information content (AvgIpc) is 3.18. The van der Waals surface area contributed by atoms with Gasteiger partial charge < -0.3 is 11.1 Å². The second kappa shape index (κ2) is 6.81. The van der Waals surface area contributed by atoms with Gasteiger partial charge in [-0.25, -0.2) is 19.9 Å². The van der Waals surface area contributed by atoms with E-state index < -0.39 is 5.66 Å². The Hall–Kier alpha value is -3.88. The molecule has 5 N–H and O–H groups in total. The van der Waals surface area contributed by atoms with E-state index in [0.717, 1.165) is 54.1 Å². The molecule has 0 bridgehead atoms. The molecule has 3 aromatic carbocycles. The molecule has 0 amide bonds. The summed E-state index contributed by atoms with van der Waals surface area (Å²) in [6.45, 7) is 2.01. The summed E-state index contributed by atoms with van der Waals surface area (Å²) in [4.78, 5) is 17.7. The van der Waals surface area contributed by atoms with E-state index in [1.807, 2.05) is 43.3 Å².